The highest BCUT2D eigenvalue weighted by Gasteiger charge is 2.26. The van der Waals surface area contributed by atoms with Gasteiger partial charge >= 0.3 is 0 Å². The summed E-state index contributed by atoms with van der Waals surface area (Å²) in [5, 5.41) is 9.08. The summed E-state index contributed by atoms with van der Waals surface area (Å²) in [6, 6.07) is 7.40. The van der Waals surface area contributed by atoms with Gasteiger partial charge in [0.05, 0.1) is 11.7 Å². The number of anilines is 1. The first-order valence-corrected chi connectivity index (χ1v) is 6.56. The van der Waals surface area contributed by atoms with Gasteiger partial charge in [-0.2, -0.15) is 5.26 Å². The number of ether oxygens (including phenoxy) is 1. The Morgan fingerprint density at radius 1 is 1.28 bits per heavy atom. The molecule has 0 amide bonds. The van der Waals surface area contributed by atoms with Crippen LogP contribution >= 0.6 is 0 Å². The molecule has 1 aromatic rings. The second-order valence-electron chi connectivity index (χ2n) is 5.37. The molecule has 0 bridgehead atoms. The summed E-state index contributed by atoms with van der Waals surface area (Å²) in [6.07, 6.45) is 3.56. The van der Waals surface area contributed by atoms with Crippen LogP contribution in [-0.4, -0.2) is 6.10 Å². The van der Waals surface area contributed by atoms with Crippen molar-refractivity contribution in [3.05, 3.63) is 23.8 Å². The Morgan fingerprint density at radius 3 is 2.72 bits per heavy atom. The lowest BCUT2D eigenvalue weighted by atomic mass is 9.80. The Morgan fingerprint density at radius 2 is 2.06 bits per heavy atom. The molecule has 3 heteroatoms. The zero-order valence-electron chi connectivity index (χ0n) is 11.0. The Labute approximate surface area is 109 Å². The van der Waals surface area contributed by atoms with Crippen molar-refractivity contribution >= 4 is 5.69 Å². The van der Waals surface area contributed by atoms with Gasteiger partial charge in [-0.25, -0.2) is 0 Å². The number of hydrogen-bond acceptors (Lipinski definition) is 3. The normalized spacial score (nSPS) is 27.5. The van der Waals surface area contributed by atoms with Gasteiger partial charge in [-0.15, -0.1) is 0 Å². The van der Waals surface area contributed by atoms with E-state index in [1.165, 1.54) is 6.42 Å². The number of nitrogens with two attached hydrogens (primary N) is 1. The average molecular weight is 244 g/mol. The number of nitriles is 1. The fraction of sp³-hybridized carbons (Fsp3) is 0.533. The van der Waals surface area contributed by atoms with Crippen LogP contribution in [0.4, 0.5) is 5.69 Å². The zero-order valence-corrected chi connectivity index (χ0v) is 11.0. The average Bonchev–Trinajstić information content (AvgIpc) is 2.36. The van der Waals surface area contributed by atoms with Crippen molar-refractivity contribution in [3.8, 4) is 11.8 Å². The minimum absolute atomic E-state index is 0.229. The molecule has 3 atom stereocenters. The first kappa shape index (κ1) is 12.8. The Kier molecular flexibility index (Phi) is 3.76. The van der Waals surface area contributed by atoms with E-state index in [4.69, 9.17) is 15.7 Å². The van der Waals surface area contributed by atoms with Crippen molar-refractivity contribution in [1.29, 1.82) is 5.26 Å². The fourth-order valence-corrected chi connectivity index (χ4v) is 2.52. The van der Waals surface area contributed by atoms with Gasteiger partial charge in [0.25, 0.3) is 0 Å². The Bertz CT molecular complexity index is 464. The van der Waals surface area contributed by atoms with Crippen molar-refractivity contribution in [2.45, 2.75) is 39.2 Å². The van der Waals surface area contributed by atoms with E-state index >= 15 is 0 Å². The quantitative estimate of drug-likeness (QED) is 0.812. The predicted molar refractivity (Wildman–Crippen MR) is 72.2 cm³/mol. The third-order valence-electron chi connectivity index (χ3n) is 3.97. The molecule has 1 aliphatic rings. The molecule has 1 saturated carbocycles. The molecule has 0 radical (unpaired) electrons. The molecule has 3 unspecified atom stereocenters. The van der Waals surface area contributed by atoms with E-state index in [2.05, 4.69) is 19.9 Å². The maximum absolute atomic E-state index is 9.08. The van der Waals surface area contributed by atoms with E-state index in [9.17, 15) is 0 Å². The summed E-state index contributed by atoms with van der Waals surface area (Å²) in [7, 11) is 0. The van der Waals surface area contributed by atoms with Crippen LogP contribution in [0.15, 0.2) is 18.2 Å². The topological polar surface area (TPSA) is 59.0 Å². The second-order valence-corrected chi connectivity index (χ2v) is 5.37. The summed E-state index contributed by atoms with van der Waals surface area (Å²) in [5.74, 6) is 2.12. The van der Waals surface area contributed by atoms with Crippen LogP contribution in [0.5, 0.6) is 5.75 Å². The smallest absolute Gasteiger partial charge is 0.137 e. The zero-order chi connectivity index (χ0) is 13.1. The minimum Gasteiger partial charge on any atom is -0.489 e. The van der Waals surface area contributed by atoms with Gasteiger partial charge in [0.15, 0.2) is 0 Å². The number of nitrogen functional groups attached to an aromatic ring is 1. The van der Waals surface area contributed by atoms with E-state index < -0.39 is 0 Å². The summed E-state index contributed by atoms with van der Waals surface area (Å²) >= 11 is 0. The van der Waals surface area contributed by atoms with Crippen LogP contribution in [0, 0.1) is 23.2 Å². The van der Waals surface area contributed by atoms with Gasteiger partial charge in [-0.05, 0) is 49.3 Å². The van der Waals surface area contributed by atoms with Gasteiger partial charge in [0, 0.05) is 5.69 Å². The molecule has 96 valence electrons. The van der Waals surface area contributed by atoms with E-state index in [0.29, 0.717) is 22.9 Å². The molecule has 2 rings (SSSR count). The molecule has 1 aliphatic carbocycles. The minimum atomic E-state index is 0.229. The lowest BCUT2D eigenvalue weighted by Gasteiger charge is -2.32. The predicted octanol–water partition coefficient (Wildman–Crippen LogP) is 3.34. The molecule has 18 heavy (non-hydrogen) atoms. The maximum atomic E-state index is 9.08. The molecule has 0 heterocycles. The van der Waals surface area contributed by atoms with E-state index in [1.54, 1.807) is 18.2 Å². The van der Waals surface area contributed by atoms with Gasteiger partial charge in [0.1, 0.15) is 11.8 Å². The molecular weight excluding hydrogens is 224 g/mol. The largest absolute Gasteiger partial charge is 0.489 e. The number of benzene rings is 1. The third kappa shape index (κ3) is 2.76. The molecule has 0 saturated heterocycles. The van der Waals surface area contributed by atoms with Gasteiger partial charge in [-0.1, -0.05) is 13.8 Å². The summed E-state index contributed by atoms with van der Waals surface area (Å²) in [4.78, 5) is 0. The van der Waals surface area contributed by atoms with Crippen molar-refractivity contribution in [2.75, 3.05) is 5.73 Å². The van der Waals surface area contributed by atoms with E-state index in [-0.39, 0.29) is 6.10 Å². The van der Waals surface area contributed by atoms with Crippen LogP contribution in [0.25, 0.3) is 0 Å². The van der Waals surface area contributed by atoms with Crippen molar-refractivity contribution in [1.82, 2.24) is 0 Å². The molecule has 1 aromatic carbocycles. The maximum Gasteiger partial charge on any atom is 0.137 e. The highest BCUT2D eigenvalue weighted by Crippen LogP contribution is 2.32. The van der Waals surface area contributed by atoms with Gasteiger partial charge in [-0.3, -0.25) is 0 Å². The molecule has 1 fully saturated rings. The summed E-state index contributed by atoms with van der Waals surface area (Å²) < 4.78 is 5.97. The van der Waals surface area contributed by atoms with Crippen LogP contribution in [0.3, 0.4) is 0 Å². The standard InChI is InChI=1S/C15H20N2O/c1-10-3-5-14(7-11(10)2)18-15-6-4-13(17)8-12(15)9-16/h4,6,8,10-11,14H,3,5,7,17H2,1-2H3. The van der Waals surface area contributed by atoms with E-state index in [0.717, 1.165) is 18.8 Å². The molecule has 0 spiro atoms. The summed E-state index contributed by atoms with van der Waals surface area (Å²) in [6.45, 7) is 4.57. The van der Waals surface area contributed by atoms with Gasteiger partial charge < -0.3 is 10.5 Å². The van der Waals surface area contributed by atoms with E-state index in [1.807, 2.05) is 0 Å². The fourth-order valence-electron chi connectivity index (χ4n) is 2.52. The molecule has 2 N–H and O–H groups in total. The first-order chi connectivity index (χ1) is 8.60. The summed E-state index contributed by atoms with van der Waals surface area (Å²) in [5.41, 5.74) is 6.80. The number of nitrogens with zero attached hydrogens (tertiary/aromatic N) is 1. The van der Waals surface area contributed by atoms with Crippen LogP contribution < -0.4 is 10.5 Å². The lowest BCUT2D eigenvalue weighted by Crippen LogP contribution is -2.28. The Balaban J connectivity index is 2.08. The van der Waals surface area contributed by atoms with Crippen LogP contribution in [0.2, 0.25) is 0 Å². The first-order valence-electron chi connectivity index (χ1n) is 6.56. The number of rotatable bonds is 2. The Hall–Kier alpha value is -1.69. The van der Waals surface area contributed by atoms with Crippen LogP contribution in [0.1, 0.15) is 38.7 Å². The van der Waals surface area contributed by atoms with Gasteiger partial charge in [0.2, 0.25) is 0 Å². The molecular formula is C15H20N2O. The lowest BCUT2D eigenvalue weighted by molar-refractivity contribution is 0.100. The molecule has 3 nitrogen and oxygen atoms in total. The highest BCUT2D eigenvalue weighted by atomic mass is 16.5. The van der Waals surface area contributed by atoms with Crippen molar-refractivity contribution in [2.24, 2.45) is 11.8 Å². The van der Waals surface area contributed by atoms with Crippen molar-refractivity contribution < 1.29 is 4.74 Å². The number of hydrogen-bond donors (Lipinski definition) is 1. The molecule has 0 aromatic heterocycles. The monoisotopic (exact) mass is 244 g/mol. The van der Waals surface area contributed by atoms with Crippen LogP contribution in [-0.2, 0) is 0 Å². The molecule has 0 aliphatic heterocycles. The SMILES string of the molecule is CC1CCC(Oc2ccc(N)cc2C#N)CC1C. The third-order valence-corrected chi connectivity index (χ3v) is 3.97. The second kappa shape index (κ2) is 5.30. The highest BCUT2D eigenvalue weighted by molar-refractivity contribution is 5.53. The van der Waals surface area contributed by atoms with Crippen molar-refractivity contribution in [3.63, 3.8) is 0 Å².